The Morgan fingerprint density at radius 2 is 1.81 bits per heavy atom. The summed E-state index contributed by atoms with van der Waals surface area (Å²) < 4.78 is 0. The summed E-state index contributed by atoms with van der Waals surface area (Å²) in [5, 5.41) is 12.2. The van der Waals surface area contributed by atoms with Crippen LogP contribution in [-0.4, -0.2) is 29.1 Å². The molecule has 0 unspecified atom stereocenters. The molecule has 0 atom stereocenters. The molecule has 4 rings (SSSR count). The molecule has 2 aromatic rings. The normalized spacial score (nSPS) is 20.5. The second kappa shape index (κ2) is 8.57. The van der Waals surface area contributed by atoms with Crippen molar-refractivity contribution >= 4 is 22.4 Å². The van der Waals surface area contributed by atoms with E-state index in [-0.39, 0.29) is 10.8 Å². The molecule has 0 bridgehead atoms. The fourth-order valence-electron chi connectivity index (χ4n) is 5.24. The predicted octanol–water partition coefficient (Wildman–Crippen LogP) is 6.63. The van der Waals surface area contributed by atoms with Gasteiger partial charge < -0.3 is 10.0 Å². The number of carbonyl (C=O) groups is 1. The maximum atomic E-state index is 10.7. The van der Waals surface area contributed by atoms with Gasteiger partial charge in [-0.25, -0.2) is 4.98 Å². The van der Waals surface area contributed by atoms with Crippen LogP contribution < -0.4 is 4.90 Å². The second-order valence-corrected chi connectivity index (χ2v) is 11.6. The molecule has 4 nitrogen and oxygen atoms in total. The molecule has 1 aliphatic heterocycles. The summed E-state index contributed by atoms with van der Waals surface area (Å²) in [7, 11) is 0. The van der Waals surface area contributed by atoms with Crippen LogP contribution in [0.25, 0.3) is 11.3 Å². The molecule has 0 amide bonds. The number of fused-ring (bicyclic) bond motifs is 1. The molecule has 1 aromatic carbocycles. The highest BCUT2D eigenvalue weighted by molar-refractivity contribution is 7.14. The van der Waals surface area contributed by atoms with Crippen LogP contribution in [0.4, 0.5) is 5.13 Å². The van der Waals surface area contributed by atoms with Crippen molar-refractivity contribution in [2.75, 3.05) is 18.0 Å². The molecule has 31 heavy (non-hydrogen) atoms. The number of hydrogen-bond acceptors (Lipinski definition) is 4. The molecule has 168 valence electrons. The van der Waals surface area contributed by atoms with Crippen molar-refractivity contribution in [3.63, 3.8) is 0 Å². The zero-order chi connectivity index (χ0) is 22.2. The minimum atomic E-state index is -0.679. The minimum Gasteiger partial charge on any atom is -0.481 e. The van der Waals surface area contributed by atoms with Crippen molar-refractivity contribution < 1.29 is 9.90 Å². The van der Waals surface area contributed by atoms with Crippen molar-refractivity contribution in [3.05, 3.63) is 34.7 Å². The van der Waals surface area contributed by atoms with Crippen LogP contribution in [0.1, 0.15) is 83.8 Å². The van der Waals surface area contributed by atoms with E-state index in [0.29, 0.717) is 12.3 Å². The lowest BCUT2D eigenvalue weighted by Gasteiger charge is -2.42. The molecule has 1 aliphatic carbocycles. The van der Waals surface area contributed by atoms with Crippen molar-refractivity contribution in [3.8, 4) is 11.3 Å². The summed E-state index contributed by atoms with van der Waals surface area (Å²) in [6, 6.07) is 6.99. The summed E-state index contributed by atoms with van der Waals surface area (Å²) in [4.78, 5) is 18.2. The van der Waals surface area contributed by atoms with Gasteiger partial charge in [0, 0.05) is 30.5 Å². The molecule has 0 radical (unpaired) electrons. The fraction of sp³-hybridized carbons (Fsp3) is 0.615. The Kier molecular flexibility index (Phi) is 6.17. The first kappa shape index (κ1) is 22.3. The van der Waals surface area contributed by atoms with E-state index >= 15 is 0 Å². The Morgan fingerprint density at radius 3 is 2.48 bits per heavy atom. The fourth-order valence-corrected chi connectivity index (χ4v) is 6.13. The number of benzene rings is 1. The van der Waals surface area contributed by atoms with Crippen molar-refractivity contribution in [2.24, 2.45) is 5.92 Å². The Hall–Kier alpha value is -1.88. The highest BCUT2D eigenvalue weighted by Gasteiger charge is 2.37. The maximum absolute atomic E-state index is 10.7. The van der Waals surface area contributed by atoms with E-state index in [1.165, 1.54) is 29.5 Å². The van der Waals surface area contributed by atoms with E-state index in [9.17, 15) is 4.79 Å². The molecular formula is C26H36N2O2S. The molecule has 2 heterocycles. The Balaban J connectivity index is 1.45. The van der Waals surface area contributed by atoms with Crippen LogP contribution in [0.5, 0.6) is 0 Å². The van der Waals surface area contributed by atoms with Crippen molar-refractivity contribution in [2.45, 2.75) is 83.5 Å². The van der Waals surface area contributed by atoms with E-state index in [0.717, 1.165) is 49.6 Å². The number of thiazole rings is 1. The quantitative estimate of drug-likeness (QED) is 0.548. The van der Waals surface area contributed by atoms with Crippen LogP contribution in [-0.2, 0) is 15.6 Å². The van der Waals surface area contributed by atoms with Gasteiger partial charge in [-0.15, -0.1) is 11.3 Å². The number of hydrogen-bond donors (Lipinski definition) is 1. The third-order valence-corrected chi connectivity index (χ3v) is 8.43. The predicted molar refractivity (Wildman–Crippen MR) is 129 cm³/mol. The van der Waals surface area contributed by atoms with E-state index in [1.54, 1.807) is 11.3 Å². The van der Waals surface area contributed by atoms with Gasteiger partial charge in [0.05, 0.1) is 5.69 Å². The number of carboxylic acids is 1. The minimum absolute atomic E-state index is 0.211. The number of nitrogens with zero attached hydrogens (tertiary/aromatic N) is 2. The van der Waals surface area contributed by atoms with Crippen LogP contribution in [0, 0.1) is 5.92 Å². The topological polar surface area (TPSA) is 53.4 Å². The molecule has 1 N–H and O–H groups in total. The lowest BCUT2D eigenvalue weighted by molar-refractivity contribution is -0.137. The maximum Gasteiger partial charge on any atom is 0.303 e. The Morgan fingerprint density at radius 1 is 1.13 bits per heavy atom. The van der Waals surface area contributed by atoms with Gasteiger partial charge in [0.25, 0.3) is 0 Å². The van der Waals surface area contributed by atoms with E-state index in [1.807, 2.05) is 0 Å². The Labute approximate surface area is 190 Å². The summed E-state index contributed by atoms with van der Waals surface area (Å²) in [5.41, 5.74) is 5.75. The van der Waals surface area contributed by atoms with E-state index < -0.39 is 5.97 Å². The van der Waals surface area contributed by atoms with Crippen LogP contribution in [0.15, 0.2) is 23.6 Å². The summed E-state index contributed by atoms with van der Waals surface area (Å²) >= 11 is 1.75. The monoisotopic (exact) mass is 440 g/mol. The number of carboxylic acid groups (broad SMARTS) is 1. The standard InChI is InChI=1S/C26H36N2O2S/c1-25(2)12-13-26(3,4)21-16-19(8-9-20(21)25)22-17-31-24(27-22)28-14-10-18(11-15-28)6-5-7-23(29)30/h8-9,16-18H,5-7,10-15H2,1-4H3,(H,29,30). The summed E-state index contributed by atoms with van der Waals surface area (Å²) in [6.07, 6.45) is 6.86. The number of aliphatic carboxylic acids is 1. The molecular weight excluding hydrogens is 404 g/mol. The summed E-state index contributed by atoms with van der Waals surface area (Å²) in [6.45, 7) is 11.5. The molecule has 0 spiro atoms. The molecule has 2 aliphatic rings. The van der Waals surface area contributed by atoms with E-state index in [4.69, 9.17) is 10.1 Å². The van der Waals surface area contributed by atoms with Gasteiger partial charge in [0.2, 0.25) is 0 Å². The zero-order valence-electron chi connectivity index (χ0n) is 19.4. The van der Waals surface area contributed by atoms with Gasteiger partial charge in [-0.1, -0.05) is 39.8 Å². The van der Waals surface area contributed by atoms with Crippen LogP contribution in [0.2, 0.25) is 0 Å². The number of anilines is 1. The molecule has 5 heteroatoms. The average Bonchev–Trinajstić information content (AvgIpc) is 3.22. The molecule has 1 aromatic heterocycles. The van der Waals surface area contributed by atoms with Gasteiger partial charge in [-0.2, -0.15) is 0 Å². The largest absolute Gasteiger partial charge is 0.481 e. The number of piperidine rings is 1. The van der Waals surface area contributed by atoms with Gasteiger partial charge in [-0.3, -0.25) is 4.79 Å². The third-order valence-electron chi connectivity index (χ3n) is 7.53. The number of rotatable bonds is 6. The first-order chi connectivity index (χ1) is 14.7. The highest BCUT2D eigenvalue weighted by Crippen LogP contribution is 2.47. The first-order valence-electron chi connectivity index (χ1n) is 11.7. The lowest BCUT2D eigenvalue weighted by atomic mass is 9.63. The average molecular weight is 441 g/mol. The molecule has 1 saturated heterocycles. The van der Waals surface area contributed by atoms with Gasteiger partial charge in [-0.05, 0) is 72.5 Å². The first-order valence-corrected chi connectivity index (χ1v) is 12.6. The van der Waals surface area contributed by atoms with E-state index in [2.05, 4.69) is 56.2 Å². The van der Waals surface area contributed by atoms with Crippen LogP contribution in [0.3, 0.4) is 0 Å². The summed E-state index contributed by atoms with van der Waals surface area (Å²) in [5.74, 6) is -0.0249. The second-order valence-electron chi connectivity index (χ2n) is 10.8. The van der Waals surface area contributed by atoms with Gasteiger partial charge in [0.1, 0.15) is 0 Å². The SMILES string of the molecule is CC1(C)CCC(C)(C)c2cc(-c3csc(N4CCC(CCCC(=O)O)CC4)n3)ccc21. The lowest BCUT2D eigenvalue weighted by Crippen LogP contribution is -2.33. The van der Waals surface area contributed by atoms with Gasteiger partial charge >= 0.3 is 5.97 Å². The third kappa shape index (κ3) is 4.82. The van der Waals surface area contributed by atoms with Crippen LogP contribution >= 0.6 is 11.3 Å². The molecule has 1 fully saturated rings. The number of aromatic nitrogens is 1. The Bertz CT molecular complexity index is 939. The van der Waals surface area contributed by atoms with Gasteiger partial charge in [0.15, 0.2) is 5.13 Å². The molecule has 0 saturated carbocycles. The zero-order valence-corrected chi connectivity index (χ0v) is 20.2. The van der Waals surface area contributed by atoms with Crippen molar-refractivity contribution in [1.29, 1.82) is 0 Å². The highest BCUT2D eigenvalue weighted by atomic mass is 32.1. The smallest absolute Gasteiger partial charge is 0.303 e. The van der Waals surface area contributed by atoms with Crippen molar-refractivity contribution in [1.82, 2.24) is 4.98 Å².